The lowest BCUT2D eigenvalue weighted by molar-refractivity contribution is 0.121. The predicted octanol–water partition coefficient (Wildman–Crippen LogP) is 3.40. The molecule has 130 valence electrons. The SMILES string of the molecule is COC(=O)Nc1nc(N)ccc1N=Nc1ccccc1OC(=O)OC. The highest BCUT2D eigenvalue weighted by Gasteiger charge is 2.11. The van der Waals surface area contributed by atoms with Crippen molar-refractivity contribution in [1.82, 2.24) is 4.98 Å². The van der Waals surface area contributed by atoms with E-state index in [0.717, 1.165) is 0 Å². The molecule has 2 aromatic rings. The van der Waals surface area contributed by atoms with Gasteiger partial charge in [0.25, 0.3) is 0 Å². The first-order chi connectivity index (χ1) is 12.0. The molecular weight excluding hydrogens is 330 g/mol. The standard InChI is InChI=1S/C15H15N5O5/c1-23-14(21)18-13-10(7-8-12(16)17-13)20-19-9-5-3-4-6-11(9)25-15(22)24-2/h3-8H,1-2H3,(H3,16,17,18,21). The van der Waals surface area contributed by atoms with Gasteiger partial charge in [0.1, 0.15) is 17.2 Å². The van der Waals surface area contributed by atoms with E-state index >= 15 is 0 Å². The average Bonchev–Trinajstić information content (AvgIpc) is 2.62. The molecule has 0 radical (unpaired) electrons. The summed E-state index contributed by atoms with van der Waals surface area (Å²) in [6.07, 6.45) is -1.62. The van der Waals surface area contributed by atoms with E-state index in [1.54, 1.807) is 18.2 Å². The number of carbonyl (C=O) groups excluding carboxylic acids is 2. The summed E-state index contributed by atoms with van der Waals surface area (Å²) < 4.78 is 13.9. The predicted molar refractivity (Wildman–Crippen MR) is 88.3 cm³/mol. The zero-order valence-electron chi connectivity index (χ0n) is 13.4. The zero-order valence-corrected chi connectivity index (χ0v) is 13.4. The number of para-hydroxylation sites is 1. The third kappa shape index (κ3) is 4.89. The number of nitrogens with zero attached hydrogens (tertiary/aromatic N) is 3. The molecular formula is C15H15N5O5. The van der Waals surface area contributed by atoms with Crippen molar-refractivity contribution in [3.63, 3.8) is 0 Å². The van der Waals surface area contributed by atoms with Crippen LogP contribution in [0.5, 0.6) is 5.75 Å². The Morgan fingerprint density at radius 2 is 1.76 bits per heavy atom. The average molecular weight is 345 g/mol. The van der Waals surface area contributed by atoms with Gasteiger partial charge >= 0.3 is 12.2 Å². The van der Waals surface area contributed by atoms with Crippen LogP contribution < -0.4 is 15.8 Å². The van der Waals surface area contributed by atoms with Crippen LogP contribution in [0.1, 0.15) is 0 Å². The zero-order chi connectivity index (χ0) is 18.2. The lowest BCUT2D eigenvalue weighted by atomic mass is 10.3. The number of pyridine rings is 1. The first kappa shape index (κ1) is 17.7. The summed E-state index contributed by atoms with van der Waals surface area (Å²) in [5, 5.41) is 10.4. The van der Waals surface area contributed by atoms with Crippen molar-refractivity contribution in [1.29, 1.82) is 0 Å². The summed E-state index contributed by atoms with van der Waals surface area (Å²) in [5.74, 6) is 0.408. The summed E-state index contributed by atoms with van der Waals surface area (Å²) in [7, 11) is 2.40. The second-order valence-electron chi connectivity index (χ2n) is 4.44. The van der Waals surface area contributed by atoms with Gasteiger partial charge in [0, 0.05) is 0 Å². The smallest absolute Gasteiger partial charge is 0.453 e. The topological polar surface area (TPSA) is 137 Å². The van der Waals surface area contributed by atoms with E-state index < -0.39 is 12.2 Å². The molecule has 10 nitrogen and oxygen atoms in total. The molecule has 25 heavy (non-hydrogen) atoms. The van der Waals surface area contributed by atoms with Gasteiger partial charge in [0.2, 0.25) is 0 Å². The molecule has 0 spiro atoms. The molecule has 0 fully saturated rings. The minimum atomic E-state index is -0.884. The van der Waals surface area contributed by atoms with Gasteiger partial charge < -0.3 is 19.9 Å². The van der Waals surface area contributed by atoms with Crippen molar-refractivity contribution < 1.29 is 23.8 Å². The number of rotatable bonds is 4. The highest BCUT2D eigenvalue weighted by atomic mass is 16.7. The van der Waals surface area contributed by atoms with E-state index in [1.807, 2.05) is 0 Å². The Bertz CT molecular complexity index is 809. The highest BCUT2D eigenvalue weighted by Crippen LogP contribution is 2.31. The molecule has 2 rings (SSSR count). The number of aromatic nitrogens is 1. The number of nitrogen functional groups attached to an aromatic ring is 1. The number of methoxy groups -OCH3 is 2. The number of benzene rings is 1. The van der Waals surface area contributed by atoms with Gasteiger partial charge in [-0.2, -0.15) is 0 Å². The third-order valence-electron chi connectivity index (χ3n) is 2.79. The maximum Gasteiger partial charge on any atom is 0.513 e. The fraction of sp³-hybridized carbons (Fsp3) is 0.133. The van der Waals surface area contributed by atoms with Crippen molar-refractivity contribution in [3.8, 4) is 5.75 Å². The molecule has 0 atom stereocenters. The Morgan fingerprint density at radius 3 is 2.48 bits per heavy atom. The number of nitrogens with two attached hydrogens (primary N) is 1. The Labute approximate surface area is 142 Å². The van der Waals surface area contributed by atoms with Crippen LogP contribution in [-0.4, -0.2) is 31.5 Å². The largest absolute Gasteiger partial charge is 0.513 e. The van der Waals surface area contributed by atoms with Crippen LogP contribution in [0.3, 0.4) is 0 Å². The Kier molecular flexibility index (Phi) is 5.82. The van der Waals surface area contributed by atoms with E-state index in [4.69, 9.17) is 10.5 Å². The van der Waals surface area contributed by atoms with E-state index in [-0.39, 0.29) is 28.8 Å². The Morgan fingerprint density at radius 1 is 1.04 bits per heavy atom. The second kappa shape index (κ2) is 8.24. The van der Waals surface area contributed by atoms with Gasteiger partial charge in [-0.05, 0) is 24.3 Å². The molecule has 1 heterocycles. The normalized spacial score (nSPS) is 10.3. The number of nitrogens with one attached hydrogen (secondary N) is 1. The van der Waals surface area contributed by atoms with E-state index in [1.165, 1.54) is 32.4 Å². The van der Waals surface area contributed by atoms with Gasteiger partial charge in [-0.15, -0.1) is 10.2 Å². The molecule has 10 heteroatoms. The number of carbonyl (C=O) groups is 2. The monoisotopic (exact) mass is 345 g/mol. The molecule has 0 bridgehead atoms. The molecule has 0 saturated carbocycles. The van der Waals surface area contributed by atoms with E-state index in [0.29, 0.717) is 0 Å². The van der Waals surface area contributed by atoms with Crippen LogP contribution in [-0.2, 0) is 9.47 Å². The van der Waals surface area contributed by atoms with Crippen LogP contribution in [0.2, 0.25) is 0 Å². The summed E-state index contributed by atoms with van der Waals surface area (Å²) in [6.45, 7) is 0. The first-order valence-corrected chi connectivity index (χ1v) is 6.91. The molecule has 0 saturated heterocycles. The fourth-order valence-corrected chi connectivity index (χ4v) is 1.65. The van der Waals surface area contributed by atoms with Crippen LogP contribution in [0.15, 0.2) is 46.6 Å². The number of azo groups is 1. The second-order valence-corrected chi connectivity index (χ2v) is 4.44. The van der Waals surface area contributed by atoms with Gasteiger partial charge in [0.05, 0.1) is 14.2 Å². The molecule has 1 aromatic heterocycles. The van der Waals surface area contributed by atoms with Crippen molar-refractivity contribution in [2.24, 2.45) is 10.2 Å². The number of anilines is 2. The number of hydrogen-bond donors (Lipinski definition) is 2. The van der Waals surface area contributed by atoms with Crippen LogP contribution in [0, 0.1) is 0 Å². The van der Waals surface area contributed by atoms with Crippen LogP contribution in [0.25, 0.3) is 0 Å². The van der Waals surface area contributed by atoms with Crippen molar-refractivity contribution >= 4 is 35.3 Å². The van der Waals surface area contributed by atoms with Crippen LogP contribution in [0.4, 0.5) is 32.6 Å². The van der Waals surface area contributed by atoms with Crippen molar-refractivity contribution in [3.05, 3.63) is 36.4 Å². The lowest BCUT2D eigenvalue weighted by Gasteiger charge is -2.07. The minimum absolute atomic E-state index is 0.0713. The third-order valence-corrected chi connectivity index (χ3v) is 2.79. The highest BCUT2D eigenvalue weighted by molar-refractivity contribution is 5.87. The summed E-state index contributed by atoms with van der Waals surface area (Å²) in [5.41, 5.74) is 6.10. The molecule has 0 unspecified atom stereocenters. The molecule has 3 N–H and O–H groups in total. The Balaban J connectivity index is 2.31. The minimum Gasteiger partial charge on any atom is -0.453 e. The van der Waals surface area contributed by atoms with Gasteiger partial charge in [-0.1, -0.05) is 12.1 Å². The number of hydrogen-bond acceptors (Lipinski definition) is 9. The summed E-state index contributed by atoms with van der Waals surface area (Å²) in [4.78, 5) is 26.6. The molecule has 1 aromatic carbocycles. The van der Waals surface area contributed by atoms with E-state index in [9.17, 15) is 9.59 Å². The van der Waals surface area contributed by atoms with Gasteiger partial charge in [-0.3, -0.25) is 5.32 Å². The fourth-order valence-electron chi connectivity index (χ4n) is 1.65. The first-order valence-electron chi connectivity index (χ1n) is 6.91. The molecule has 0 aliphatic heterocycles. The van der Waals surface area contributed by atoms with Crippen molar-refractivity contribution in [2.75, 3.05) is 25.3 Å². The quantitative estimate of drug-likeness (QED) is 0.492. The van der Waals surface area contributed by atoms with E-state index in [2.05, 4.69) is 30.0 Å². The van der Waals surface area contributed by atoms with Gasteiger partial charge in [-0.25, -0.2) is 14.6 Å². The summed E-state index contributed by atoms with van der Waals surface area (Å²) >= 11 is 0. The Hall–Kier alpha value is -3.69. The number of amides is 1. The number of ether oxygens (including phenoxy) is 3. The molecule has 0 aliphatic carbocycles. The van der Waals surface area contributed by atoms with Crippen molar-refractivity contribution in [2.45, 2.75) is 0 Å². The lowest BCUT2D eigenvalue weighted by Crippen LogP contribution is -2.12. The maximum absolute atomic E-state index is 11.4. The molecule has 0 aliphatic rings. The van der Waals surface area contributed by atoms with Crippen LogP contribution >= 0.6 is 0 Å². The summed E-state index contributed by atoms with van der Waals surface area (Å²) in [6, 6.07) is 9.47. The van der Waals surface area contributed by atoms with Gasteiger partial charge in [0.15, 0.2) is 11.6 Å². The molecule has 1 amide bonds. The maximum atomic E-state index is 11.4.